The molecule has 0 fully saturated rings. The van der Waals surface area contributed by atoms with Crippen molar-refractivity contribution in [2.45, 2.75) is 19.8 Å². The summed E-state index contributed by atoms with van der Waals surface area (Å²) >= 11 is 1.38. The van der Waals surface area contributed by atoms with Crippen molar-refractivity contribution < 1.29 is 13.5 Å². The number of allylic oxidation sites excluding steroid dienone is 3. The smallest absolute Gasteiger partial charge is 0.294 e. The van der Waals surface area contributed by atoms with E-state index < -0.39 is 12.2 Å². The molecule has 1 aromatic rings. The predicted octanol–water partition coefficient (Wildman–Crippen LogP) is 4.03. The Hall–Kier alpha value is -1.49. The first-order valence-corrected chi connectivity index (χ1v) is 5.77. The lowest BCUT2D eigenvalue weighted by atomic mass is 10.4. The van der Waals surface area contributed by atoms with Crippen LogP contribution in [0.2, 0.25) is 0 Å². The Labute approximate surface area is 103 Å². The van der Waals surface area contributed by atoms with Crippen LogP contribution in [0.1, 0.15) is 16.8 Å². The summed E-state index contributed by atoms with van der Waals surface area (Å²) in [6.45, 7) is 8.48. The minimum atomic E-state index is -2.69. The highest BCUT2D eigenvalue weighted by Crippen LogP contribution is 2.26. The van der Waals surface area contributed by atoms with Crippen molar-refractivity contribution in [3.8, 4) is 0 Å². The molecule has 0 bridgehead atoms. The van der Waals surface area contributed by atoms with Crippen molar-refractivity contribution in [2.24, 2.45) is 0 Å². The number of rotatable bonds is 6. The predicted molar refractivity (Wildman–Crippen MR) is 65.9 cm³/mol. The summed E-state index contributed by atoms with van der Waals surface area (Å²) in [6.07, 6.45) is 2.90. The molecule has 2 nitrogen and oxygen atoms in total. The van der Waals surface area contributed by atoms with Crippen molar-refractivity contribution in [1.82, 2.24) is 4.98 Å². The van der Waals surface area contributed by atoms with Gasteiger partial charge in [0.15, 0.2) is 5.76 Å². The Morgan fingerprint density at radius 1 is 1.65 bits per heavy atom. The summed E-state index contributed by atoms with van der Waals surface area (Å²) < 4.78 is 29.6. The molecule has 0 aliphatic heterocycles. The molecule has 92 valence electrons. The fourth-order valence-corrected chi connectivity index (χ4v) is 2.01. The highest BCUT2D eigenvalue weighted by molar-refractivity contribution is 7.12. The molecule has 0 aromatic carbocycles. The van der Waals surface area contributed by atoms with Crippen molar-refractivity contribution >= 4 is 17.1 Å². The first-order valence-electron chi connectivity index (χ1n) is 4.95. The van der Waals surface area contributed by atoms with Crippen LogP contribution in [-0.4, -0.2) is 11.4 Å². The summed E-state index contributed by atoms with van der Waals surface area (Å²) in [7, 11) is 0. The fraction of sp³-hybridized carbons (Fsp3) is 0.250. The maximum Gasteiger partial charge on any atom is 0.294 e. The Morgan fingerprint density at radius 3 is 2.88 bits per heavy atom. The topological polar surface area (TPSA) is 22.1 Å². The zero-order chi connectivity index (χ0) is 12.8. The molecule has 0 unspecified atom stereocenters. The molecule has 0 aliphatic carbocycles. The van der Waals surface area contributed by atoms with Gasteiger partial charge in [-0.15, -0.1) is 17.9 Å². The van der Waals surface area contributed by atoms with Crippen LogP contribution in [0.4, 0.5) is 8.78 Å². The van der Waals surface area contributed by atoms with Gasteiger partial charge in [0.05, 0.1) is 9.88 Å². The zero-order valence-electron chi connectivity index (χ0n) is 9.45. The van der Waals surface area contributed by atoms with Gasteiger partial charge in [-0.25, -0.2) is 13.8 Å². The molecule has 1 rings (SSSR count). The molecule has 1 aromatic heterocycles. The SMILES string of the molecule is C=CCc1ncc(C(=CC)OC(=C)C(F)F)s1. The molecule has 0 aliphatic rings. The van der Waals surface area contributed by atoms with E-state index in [2.05, 4.69) is 18.1 Å². The second-order valence-corrected chi connectivity index (χ2v) is 4.25. The van der Waals surface area contributed by atoms with Crippen molar-refractivity contribution in [1.29, 1.82) is 0 Å². The molecule has 5 heteroatoms. The van der Waals surface area contributed by atoms with E-state index in [0.717, 1.165) is 5.01 Å². The molecule has 0 N–H and O–H groups in total. The van der Waals surface area contributed by atoms with Crippen molar-refractivity contribution in [3.63, 3.8) is 0 Å². The van der Waals surface area contributed by atoms with Crippen LogP contribution >= 0.6 is 11.3 Å². The minimum absolute atomic E-state index is 0.350. The first kappa shape index (κ1) is 13.6. The Bertz CT molecular complexity index is 437. The number of thiazole rings is 1. The molecule has 0 saturated heterocycles. The van der Waals surface area contributed by atoms with Gasteiger partial charge in [0, 0.05) is 12.6 Å². The standard InChI is InChI=1S/C12H13F2NOS/c1-4-6-11-15-7-10(17-11)9(5-2)16-8(3)12(13)14/h4-5,7,12H,1,3,6H2,2H3. The van der Waals surface area contributed by atoms with Gasteiger partial charge >= 0.3 is 0 Å². The highest BCUT2D eigenvalue weighted by atomic mass is 32.1. The lowest BCUT2D eigenvalue weighted by Crippen LogP contribution is -1.99. The van der Waals surface area contributed by atoms with Crippen molar-refractivity contribution in [3.05, 3.63) is 47.2 Å². The summed E-state index contributed by atoms with van der Waals surface area (Å²) in [6, 6.07) is 0. The van der Waals surface area contributed by atoms with Crippen molar-refractivity contribution in [2.75, 3.05) is 0 Å². The third-order valence-electron chi connectivity index (χ3n) is 1.86. The van der Waals surface area contributed by atoms with Gasteiger partial charge in [0.25, 0.3) is 6.43 Å². The van der Waals surface area contributed by atoms with E-state index in [9.17, 15) is 8.78 Å². The van der Waals surface area contributed by atoms with Gasteiger partial charge < -0.3 is 4.74 Å². The number of halogens is 2. The maximum atomic E-state index is 12.3. The monoisotopic (exact) mass is 257 g/mol. The Kier molecular flexibility index (Phi) is 5.03. The zero-order valence-corrected chi connectivity index (χ0v) is 10.3. The highest BCUT2D eigenvalue weighted by Gasteiger charge is 2.14. The number of ether oxygens (including phenoxy) is 1. The molecule has 0 radical (unpaired) electrons. The summed E-state index contributed by atoms with van der Waals surface area (Å²) in [5.41, 5.74) is 0. The van der Waals surface area contributed by atoms with E-state index >= 15 is 0 Å². The van der Waals surface area contributed by atoms with E-state index in [1.165, 1.54) is 11.3 Å². The normalized spacial score (nSPS) is 11.6. The van der Waals surface area contributed by atoms with Crippen LogP contribution in [0, 0.1) is 0 Å². The first-order chi connectivity index (χ1) is 8.08. The number of hydrogen-bond acceptors (Lipinski definition) is 3. The average Bonchev–Trinajstić information content (AvgIpc) is 2.74. The van der Waals surface area contributed by atoms with E-state index in [-0.39, 0.29) is 0 Å². The number of hydrogen-bond donors (Lipinski definition) is 0. The van der Waals surface area contributed by atoms with Gasteiger partial charge in [0.1, 0.15) is 5.76 Å². The minimum Gasteiger partial charge on any atom is -0.455 e. The third-order valence-corrected chi connectivity index (χ3v) is 2.90. The van der Waals surface area contributed by atoms with E-state index in [1.807, 2.05) is 0 Å². The number of alkyl halides is 2. The van der Waals surface area contributed by atoms with Crippen LogP contribution in [-0.2, 0) is 11.2 Å². The largest absolute Gasteiger partial charge is 0.455 e. The van der Waals surface area contributed by atoms with Gasteiger partial charge in [0.2, 0.25) is 0 Å². The summed E-state index contributed by atoms with van der Waals surface area (Å²) in [5.74, 6) is -0.208. The molecule has 1 heterocycles. The molecule has 0 saturated carbocycles. The Morgan fingerprint density at radius 2 is 2.35 bits per heavy atom. The second-order valence-electron chi connectivity index (χ2n) is 3.13. The van der Waals surface area contributed by atoms with Crippen LogP contribution in [0.3, 0.4) is 0 Å². The van der Waals surface area contributed by atoms with Gasteiger partial charge in [-0.3, -0.25) is 0 Å². The van der Waals surface area contributed by atoms with E-state index in [0.29, 0.717) is 17.1 Å². The van der Waals surface area contributed by atoms with E-state index in [1.54, 1.807) is 25.3 Å². The number of aromatic nitrogens is 1. The third kappa shape index (κ3) is 3.78. The molecule has 0 atom stereocenters. The van der Waals surface area contributed by atoms with E-state index in [4.69, 9.17) is 4.74 Å². The number of nitrogens with zero attached hydrogens (tertiary/aromatic N) is 1. The lowest BCUT2D eigenvalue weighted by Gasteiger charge is -2.09. The van der Waals surface area contributed by atoms with Gasteiger partial charge in [-0.2, -0.15) is 0 Å². The van der Waals surface area contributed by atoms with Crippen LogP contribution < -0.4 is 0 Å². The summed E-state index contributed by atoms with van der Waals surface area (Å²) in [4.78, 5) is 4.84. The average molecular weight is 257 g/mol. The molecular weight excluding hydrogens is 244 g/mol. The maximum absolute atomic E-state index is 12.3. The Balaban J connectivity index is 2.80. The fourth-order valence-electron chi connectivity index (χ4n) is 1.08. The molecule has 0 spiro atoms. The summed E-state index contributed by atoms with van der Waals surface area (Å²) in [5, 5.41) is 0.862. The van der Waals surface area contributed by atoms with Crippen LogP contribution in [0.5, 0.6) is 0 Å². The van der Waals surface area contributed by atoms with Crippen LogP contribution in [0.25, 0.3) is 5.76 Å². The van der Waals surface area contributed by atoms with Gasteiger partial charge in [-0.05, 0) is 13.0 Å². The quantitative estimate of drug-likeness (QED) is 0.567. The lowest BCUT2D eigenvalue weighted by molar-refractivity contribution is 0.129. The molecule has 17 heavy (non-hydrogen) atoms. The molecule has 0 amide bonds. The van der Waals surface area contributed by atoms with Crippen LogP contribution in [0.15, 0.2) is 37.3 Å². The second kappa shape index (κ2) is 6.30. The molecular formula is C12H13F2NOS. The van der Waals surface area contributed by atoms with Gasteiger partial charge in [-0.1, -0.05) is 12.7 Å².